The number of aliphatic imine (C=N–C) groups is 1. The fourth-order valence-electron chi connectivity index (χ4n) is 5.67. The maximum atomic E-state index is 12.9. The summed E-state index contributed by atoms with van der Waals surface area (Å²) < 4.78 is 17.7. The van der Waals surface area contributed by atoms with Gasteiger partial charge in [-0.25, -0.2) is 4.99 Å². The first kappa shape index (κ1) is 50.5. The molecule has 21 nitrogen and oxygen atoms in total. The number of ether oxygens (including phenoxy) is 3. The van der Waals surface area contributed by atoms with Crippen molar-refractivity contribution in [3.63, 3.8) is 0 Å². The quantitative estimate of drug-likeness (QED) is 0.0264. The van der Waals surface area contributed by atoms with Crippen LogP contribution in [0.1, 0.15) is 70.2 Å². The van der Waals surface area contributed by atoms with Crippen molar-refractivity contribution in [2.24, 2.45) is 16.5 Å². The molecule has 0 radical (unpaired) electrons. The van der Waals surface area contributed by atoms with Gasteiger partial charge in [0.15, 0.2) is 5.96 Å². The van der Waals surface area contributed by atoms with E-state index in [0.717, 1.165) is 4.90 Å². The molecule has 7 amide bonds. The summed E-state index contributed by atoms with van der Waals surface area (Å²) in [5.74, 6) is -4.68. The number of carboxylic acids is 1. The zero-order valence-corrected chi connectivity index (χ0v) is 35.8. The number of imide groups is 1. The summed E-state index contributed by atoms with van der Waals surface area (Å²) in [5, 5.41) is 22.1. The molecule has 1 unspecified atom stereocenters. The van der Waals surface area contributed by atoms with Crippen molar-refractivity contribution in [1.82, 2.24) is 26.2 Å². The van der Waals surface area contributed by atoms with Crippen molar-refractivity contribution < 1.29 is 57.7 Å². The second kappa shape index (κ2) is 24.5. The Morgan fingerprint density at radius 2 is 1.40 bits per heavy atom. The number of rotatable bonds is 27. The van der Waals surface area contributed by atoms with Crippen LogP contribution in [0.25, 0.3) is 0 Å². The summed E-state index contributed by atoms with van der Waals surface area (Å²) in [5.41, 5.74) is 10.4. The summed E-state index contributed by atoms with van der Waals surface area (Å²) in [6, 6.07) is 10.7. The van der Waals surface area contributed by atoms with Crippen molar-refractivity contribution in [2.45, 2.75) is 77.0 Å². The van der Waals surface area contributed by atoms with E-state index < -0.39 is 65.7 Å². The lowest BCUT2D eigenvalue weighted by molar-refractivity contribution is -0.140. The smallest absolute Gasteiger partial charge is 0.305 e. The number of nitrogens with zero attached hydrogens (tertiary/aromatic N) is 2. The number of aliphatic carboxylic acids is 1. The first-order chi connectivity index (χ1) is 29.7. The van der Waals surface area contributed by atoms with Gasteiger partial charge in [0.05, 0.1) is 49.6 Å². The molecule has 1 aliphatic heterocycles. The number of carboxylic acid groups (broad SMARTS) is 1. The third-order valence-corrected chi connectivity index (χ3v) is 9.15. The monoisotopic (exact) mass is 879 g/mol. The summed E-state index contributed by atoms with van der Waals surface area (Å²) >= 11 is 0. The second-order valence-electron chi connectivity index (χ2n) is 15.4. The van der Waals surface area contributed by atoms with Crippen molar-refractivity contribution >= 4 is 64.7 Å². The first-order valence-electron chi connectivity index (χ1n) is 20.1. The molecule has 0 aliphatic carbocycles. The van der Waals surface area contributed by atoms with Crippen LogP contribution in [-0.4, -0.2) is 127 Å². The largest absolute Gasteiger partial charge is 0.492 e. The van der Waals surface area contributed by atoms with Crippen LogP contribution in [0.2, 0.25) is 0 Å². The van der Waals surface area contributed by atoms with E-state index >= 15 is 0 Å². The number of amides is 7. The van der Waals surface area contributed by atoms with E-state index in [0.29, 0.717) is 36.6 Å². The van der Waals surface area contributed by atoms with Gasteiger partial charge in [-0.1, -0.05) is 6.07 Å². The van der Waals surface area contributed by atoms with Gasteiger partial charge < -0.3 is 57.4 Å². The van der Waals surface area contributed by atoms with Gasteiger partial charge in [-0.3, -0.25) is 43.3 Å². The molecule has 3 rings (SSSR count). The highest BCUT2D eigenvalue weighted by Crippen LogP contribution is 2.21. The Hall–Kier alpha value is -6.87. The highest BCUT2D eigenvalue weighted by atomic mass is 16.5. The number of guanidine groups is 1. The van der Waals surface area contributed by atoms with Crippen LogP contribution in [0.4, 0.5) is 11.4 Å². The second-order valence-corrected chi connectivity index (χ2v) is 15.4. The zero-order chi connectivity index (χ0) is 46.6. The van der Waals surface area contributed by atoms with Gasteiger partial charge in [0.1, 0.15) is 18.4 Å². The molecule has 2 aromatic carbocycles. The molecule has 0 saturated heterocycles. The molecule has 1 atom stereocenters. The lowest BCUT2D eigenvalue weighted by Gasteiger charge is -2.29. The Labute approximate surface area is 364 Å². The molecule has 0 fully saturated rings. The van der Waals surface area contributed by atoms with E-state index in [1.54, 1.807) is 24.3 Å². The van der Waals surface area contributed by atoms with E-state index in [-0.39, 0.29) is 69.0 Å². The Kier molecular flexibility index (Phi) is 19.7. The Bertz CT molecular complexity index is 2000. The number of carbonyl (C=O) groups excluding carboxylic acids is 7. The minimum absolute atomic E-state index is 0.000276. The van der Waals surface area contributed by atoms with E-state index in [2.05, 4.69) is 31.6 Å². The predicted octanol–water partition coefficient (Wildman–Crippen LogP) is 0.607. The van der Waals surface area contributed by atoms with Crippen molar-refractivity contribution in [2.75, 3.05) is 51.3 Å². The third kappa shape index (κ3) is 19.6. The Morgan fingerprint density at radius 3 is 2.05 bits per heavy atom. The van der Waals surface area contributed by atoms with Crippen LogP contribution in [0.3, 0.4) is 0 Å². The van der Waals surface area contributed by atoms with E-state index in [1.807, 2.05) is 27.7 Å². The molecule has 2 aromatic rings. The Balaban J connectivity index is 1.29. The number of hydrogen-bond donors (Lipinski definition) is 8. The molecule has 63 heavy (non-hydrogen) atoms. The molecule has 1 heterocycles. The minimum atomic E-state index is -1.46. The van der Waals surface area contributed by atoms with Gasteiger partial charge in [0.25, 0.3) is 17.7 Å². The average molecular weight is 880 g/mol. The number of nitrogens with two attached hydrogens (primary N) is 2. The van der Waals surface area contributed by atoms with Gasteiger partial charge in [-0.05, 0) is 83.0 Å². The first-order valence-corrected chi connectivity index (χ1v) is 20.1. The van der Waals surface area contributed by atoms with Crippen molar-refractivity contribution in [1.29, 1.82) is 0 Å². The van der Waals surface area contributed by atoms with E-state index in [4.69, 9.17) is 25.7 Å². The molecule has 342 valence electrons. The van der Waals surface area contributed by atoms with Crippen LogP contribution in [0.5, 0.6) is 5.75 Å². The van der Waals surface area contributed by atoms with Crippen molar-refractivity contribution in [3.05, 3.63) is 66.2 Å². The maximum Gasteiger partial charge on any atom is 0.305 e. The average Bonchev–Trinajstić information content (AvgIpc) is 3.54. The highest BCUT2D eigenvalue weighted by Gasteiger charge is 2.26. The maximum absolute atomic E-state index is 12.9. The molecule has 1 aliphatic rings. The molecule has 0 spiro atoms. The molecule has 0 bridgehead atoms. The van der Waals surface area contributed by atoms with E-state index in [9.17, 15) is 43.5 Å². The summed E-state index contributed by atoms with van der Waals surface area (Å²) in [4.78, 5) is 102. The number of nitrogens with one attached hydrogen (secondary N) is 5. The summed E-state index contributed by atoms with van der Waals surface area (Å²) in [6.07, 6.45) is 2.85. The van der Waals surface area contributed by atoms with Gasteiger partial charge >= 0.3 is 5.97 Å². The van der Waals surface area contributed by atoms with Gasteiger partial charge in [0, 0.05) is 49.3 Å². The number of hydrogen-bond acceptors (Lipinski definition) is 12. The normalized spacial score (nSPS) is 12.9. The molecule has 10 N–H and O–H groups in total. The molecular formula is C42H57N9O12. The lowest BCUT2D eigenvalue weighted by atomic mass is 10.0. The topological polar surface area (TPSA) is 312 Å². The molecule has 21 heteroatoms. The van der Waals surface area contributed by atoms with E-state index in [1.165, 1.54) is 36.4 Å². The number of benzene rings is 2. The molecule has 0 saturated carbocycles. The van der Waals surface area contributed by atoms with Crippen LogP contribution >= 0.6 is 0 Å². The summed E-state index contributed by atoms with van der Waals surface area (Å²) in [6.45, 7) is 8.33. The summed E-state index contributed by atoms with van der Waals surface area (Å²) in [7, 11) is 0. The standard InChI is InChI=1S/C42H57N9O12/c1-41(2,62-21-17-42(3,4)63-23-19-46-33(53)15-20-51-35(55)12-13-36(51)56)16-14-32(52)45-18-22-61-30-10-8-28(9-11-30)48-39(60)31(25-37(57)58)50-34(54)26-47-38(59)27-6-5-7-29(24-27)49-40(43)44/h5-13,24,31H,14-23,25-26H2,1-4H3,(H,45,52)(H,46,53)(H,47,59)(H,48,60)(H,50,54)(H,57,58)(H4,43,44,49). The Morgan fingerprint density at radius 1 is 0.778 bits per heavy atom. The van der Waals surface area contributed by atoms with Gasteiger partial charge in [-0.2, -0.15) is 0 Å². The fourth-order valence-corrected chi connectivity index (χ4v) is 5.67. The third-order valence-electron chi connectivity index (χ3n) is 9.15. The number of carbonyl (C=O) groups is 8. The van der Waals surface area contributed by atoms with Gasteiger partial charge in [-0.15, -0.1) is 0 Å². The van der Waals surface area contributed by atoms with Crippen molar-refractivity contribution in [3.8, 4) is 5.75 Å². The van der Waals surface area contributed by atoms with Crippen LogP contribution in [0.15, 0.2) is 65.7 Å². The molecule has 0 aromatic heterocycles. The predicted molar refractivity (Wildman–Crippen MR) is 229 cm³/mol. The fraction of sp³-hybridized carbons (Fsp3) is 0.452. The van der Waals surface area contributed by atoms with Crippen LogP contribution in [-0.2, 0) is 43.0 Å². The van der Waals surface area contributed by atoms with Gasteiger partial charge in [0.2, 0.25) is 23.6 Å². The minimum Gasteiger partial charge on any atom is -0.492 e. The lowest BCUT2D eigenvalue weighted by Crippen LogP contribution is -2.48. The zero-order valence-electron chi connectivity index (χ0n) is 35.8. The van der Waals surface area contributed by atoms with Crippen LogP contribution in [0, 0.1) is 0 Å². The highest BCUT2D eigenvalue weighted by molar-refractivity contribution is 6.13. The SMILES string of the molecule is CC(C)(CCOC(C)(C)CCC(=O)NCCOc1ccc(NC(=O)C(CC(=O)O)NC(=O)CNC(=O)c2cccc(N=C(N)N)c2)cc1)OCCNC(=O)CCN1C(=O)C=CC1=O. The van der Waals surface area contributed by atoms with Crippen LogP contribution < -0.4 is 42.8 Å². The molecular weight excluding hydrogens is 823 g/mol. The number of anilines is 1.